The Morgan fingerprint density at radius 2 is 1.67 bits per heavy atom. The van der Waals surface area contributed by atoms with Gasteiger partial charge in [0.05, 0.1) is 9.88 Å². The number of rotatable bonds is 2. The van der Waals surface area contributed by atoms with E-state index in [9.17, 15) is 9.90 Å². The minimum atomic E-state index is -0.964. The number of carbonyl (C=O) groups is 1. The first-order valence-electron chi connectivity index (χ1n) is 6.94. The first kappa shape index (κ1) is 15.7. The Morgan fingerprint density at radius 3 is 2.19 bits per heavy atom. The van der Waals surface area contributed by atoms with Crippen LogP contribution in [0.5, 0.6) is 0 Å². The molecule has 0 saturated carbocycles. The normalized spacial score (nSPS) is 11.7. The van der Waals surface area contributed by atoms with Crippen molar-refractivity contribution in [2.45, 2.75) is 47.0 Å². The van der Waals surface area contributed by atoms with E-state index in [0.29, 0.717) is 0 Å². The number of carboxylic acid groups (broad SMARTS) is 1. The lowest BCUT2D eigenvalue weighted by Crippen LogP contribution is -2.11. The molecule has 0 aliphatic heterocycles. The highest BCUT2D eigenvalue weighted by Crippen LogP contribution is 2.38. The first-order chi connectivity index (χ1) is 9.61. The van der Waals surface area contributed by atoms with Crippen molar-refractivity contribution in [3.8, 4) is 10.4 Å². The van der Waals surface area contributed by atoms with Gasteiger partial charge in [-0.15, -0.1) is 11.3 Å². The van der Waals surface area contributed by atoms with Crippen molar-refractivity contribution in [2.24, 2.45) is 0 Å². The van der Waals surface area contributed by atoms with E-state index in [1.807, 2.05) is 13.8 Å². The predicted molar refractivity (Wildman–Crippen MR) is 87.4 cm³/mol. The van der Waals surface area contributed by atoms with Crippen molar-refractivity contribution >= 4 is 17.3 Å². The number of hydrogen-bond donors (Lipinski definition) is 1. The van der Waals surface area contributed by atoms with Crippen LogP contribution in [0.3, 0.4) is 0 Å². The van der Waals surface area contributed by atoms with Crippen LogP contribution in [0.4, 0.5) is 0 Å². The van der Waals surface area contributed by atoms with Gasteiger partial charge in [-0.3, -0.25) is 0 Å². The maximum atomic E-state index is 11.5. The molecule has 1 aromatic heterocycles. The topological polar surface area (TPSA) is 50.2 Å². The Kier molecular flexibility index (Phi) is 3.93. The zero-order chi connectivity index (χ0) is 15.9. The van der Waals surface area contributed by atoms with E-state index in [-0.39, 0.29) is 11.1 Å². The lowest BCUT2D eigenvalue weighted by molar-refractivity contribution is 0.0692. The van der Waals surface area contributed by atoms with E-state index in [4.69, 9.17) is 0 Å². The van der Waals surface area contributed by atoms with Crippen molar-refractivity contribution < 1.29 is 9.90 Å². The summed E-state index contributed by atoms with van der Waals surface area (Å²) in [6.07, 6.45) is 0. The highest BCUT2D eigenvalue weighted by molar-refractivity contribution is 7.15. The van der Waals surface area contributed by atoms with Gasteiger partial charge in [-0.05, 0) is 43.0 Å². The Bertz CT molecular complexity index is 708. The molecule has 1 aromatic carbocycles. The van der Waals surface area contributed by atoms with Gasteiger partial charge in [0.1, 0.15) is 0 Å². The average Bonchev–Trinajstić information content (AvgIpc) is 2.78. The number of nitrogens with zero attached hydrogens (tertiary/aromatic N) is 1. The van der Waals surface area contributed by atoms with Crippen LogP contribution in [0, 0.1) is 20.8 Å². The second-order valence-electron chi connectivity index (χ2n) is 6.50. The van der Waals surface area contributed by atoms with Gasteiger partial charge in [0.25, 0.3) is 0 Å². The van der Waals surface area contributed by atoms with Gasteiger partial charge in [-0.2, -0.15) is 0 Å². The largest absolute Gasteiger partial charge is 0.476 e. The number of aromatic nitrogens is 1. The van der Waals surface area contributed by atoms with Crippen molar-refractivity contribution in [2.75, 3.05) is 0 Å². The van der Waals surface area contributed by atoms with E-state index in [2.05, 4.69) is 44.8 Å². The van der Waals surface area contributed by atoms with Crippen LogP contribution in [-0.4, -0.2) is 16.1 Å². The lowest BCUT2D eigenvalue weighted by atomic mass is 9.98. The second kappa shape index (κ2) is 5.26. The molecule has 0 atom stereocenters. The Balaban J connectivity index is 2.71. The molecule has 4 heteroatoms. The number of hydrogen-bond acceptors (Lipinski definition) is 3. The summed E-state index contributed by atoms with van der Waals surface area (Å²) in [5, 5.41) is 10.3. The van der Waals surface area contributed by atoms with Crippen LogP contribution >= 0.6 is 11.3 Å². The molecule has 2 aromatic rings. The minimum absolute atomic E-state index is 0.152. The van der Waals surface area contributed by atoms with Crippen molar-refractivity contribution in [3.05, 3.63) is 39.5 Å². The molecule has 112 valence electrons. The number of thiazole rings is 1. The fraction of sp³-hybridized carbons (Fsp3) is 0.412. The quantitative estimate of drug-likeness (QED) is 0.872. The van der Waals surface area contributed by atoms with Crippen molar-refractivity contribution in [1.82, 2.24) is 4.98 Å². The minimum Gasteiger partial charge on any atom is -0.476 e. The summed E-state index contributed by atoms with van der Waals surface area (Å²) in [5.74, 6) is -0.964. The molecule has 1 N–H and O–H groups in total. The smallest absolute Gasteiger partial charge is 0.356 e. The fourth-order valence-corrected chi connectivity index (χ4v) is 3.37. The predicted octanol–water partition coefficient (Wildman–Crippen LogP) is 4.73. The van der Waals surface area contributed by atoms with Gasteiger partial charge >= 0.3 is 5.97 Å². The van der Waals surface area contributed by atoms with Crippen LogP contribution in [0.15, 0.2) is 12.1 Å². The molecule has 0 fully saturated rings. The summed E-state index contributed by atoms with van der Waals surface area (Å²) in [5.41, 5.74) is 4.46. The molecule has 0 spiro atoms. The third-order valence-electron chi connectivity index (χ3n) is 3.56. The van der Waals surface area contributed by atoms with E-state index in [0.717, 1.165) is 26.6 Å². The fourth-order valence-electron chi connectivity index (χ4n) is 2.17. The van der Waals surface area contributed by atoms with Crippen LogP contribution in [0.1, 0.15) is 53.0 Å². The molecule has 0 saturated heterocycles. The number of aromatic carboxylic acids is 1. The molecule has 0 bridgehead atoms. The molecule has 1 heterocycles. The van der Waals surface area contributed by atoms with E-state index >= 15 is 0 Å². The number of benzene rings is 1. The monoisotopic (exact) mass is 303 g/mol. The van der Waals surface area contributed by atoms with Crippen LogP contribution in [0.25, 0.3) is 10.4 Å². The van der Waals surface area contributed by atoms with Gasteiger partial charge in [-0.1, -0.05) is 32.9 Å². The van der Waals surface area contributed by atoms with Gasteiger partial charge in [0.15, 0.2) is 5.69 Å². The molecule has 21 heavy (non-hydrogen) atoms. The molecule has 2 rings (SSSR count). The SMILES string of the molecule is Cc1cc(C)c(-c2sc(C(C)(C)C)nc2C(=O)O)cc1C. The molecule has 0 radical (unpaired) electrons. The Morgan fingerprint density at radius 1 is 1.10 bits per heavy atom. The highest BCUT2D eigenvalue weighted by Gasteiger charge is 2.26. The summed E-state index contributed by atoms with van der Waals surface area (Å²) in [4.78, 5) is 16.7. The van der Waals surface area contributed by atoms with E-state index in [1.54, 1.807) is 0 Å². The summed E-state index contributed by atoms with van der Waals surface area (Å²) in [6, 6.07) is 4.17. The van der Waals surface area contributed by atoms with Gasteiger partial charge in [0.2, 0.25) is 0 Å². The summed E-state index contributed by atoms with van der Waals surface area (Å²) in [7, 11) is 0. The molecular formula is C17H21NO2S. The van der Waals surface area contributed by atoms with Gasteiger partial charge in [-0.25, -0.2) is 9.78 Å². The van der Waals surface area contributed by atoms with Crippen LogP contribution in [-0.2, 0) is 5.41 Å². The molecule has 3 nitrogen and oxygen atoms in total. The van der Waals surface area contributed by atoms with Crippen LogP contribution < -0.4 is 0 Å². The lowest BCUT2D eigenvalue weighted by Gasteiger charge is -2.13. The third-order valence-corrected chi connectivity index (χ3v) is 5.07. The third kappa shape index (κ3) is 3.00. The zero-order valence-corrected chi connectivity index (χ0v) is 14.2. The Labute approximate surface area is 129 Å². The number of carboxylic acids is 1. The molecule has 0 aliphatic rings. The van der Waals surface area contributed by atoms with E-state index in [1.165, 1.54) is 16.9 Å². The highest BCUT2D eigenvalue weighted by atomic mass is 32.1. The van der Waals surface area contributed by atoms with E-state index < -0.39 is 5.97 Å². The second-order valence-corrected chi connectivity index (χ2v) is 7.50. The summed E-state index contributed by atoms with van der Waals surface area (Å²) < 4.78 is 0. The Hall–Kier alpha value is -1.68. The molecule has 0 unspecified atom stereocenters. The van der Waals surface area contributed by atoms with Gasteiger partial charge < -0.3 is 5.11 Å². The summed E-state index contributed by atoms with van der Waals surface area (Å²) in [6.45, 7) is 12.3. The average molecular weight is 303 g/mol. The maximum absolute atomic E-state index is 11.5. The maximum Gasteiger partial charge on any atom is 0.356 e. The molecule has 0 aliphatic carbocycles. The summed E-state index contributed by atoms with van der Waals surface area (Å²) >= 11 is 1.48. The van der Waals surface area contributed by atoms with Crippen molar-refractivity contribution in [1.29, 1.82) is 0 Å². The van der Waals surface area contributed by atoms with Crippen LogP contribution in [0.2, 0.25) is 0 Å². The molecule has 0 amide bonds. The number of aryl methyl sites for hydroxylation is 3. The first-order valence-corrected chi connectivity index (χ1v) is 7.75. The van der Waals surface area contributed by atoms with Gasteiger partial charge in [0, 0.05) is 5.41 Å². The van der Waals surface area contributed by atoms with Crippen molar-refractivity contribution in [3.63, 3.8) is 0 Å². The standard InChI is InChI=1S/C17H21NO2S/c1-9-7-11(3)12(8-10(9)2)14-13(15(19)20)18-16(21-14)17(4,5)6/h7-8H,1-6H3,(H,19,20). The zero-order valence-electron chi connectivity index (χ0n) is 13.4. The molecular weight excluding hydrogens is 282 g/mol.